The topological polar surface area (TPSA) is 67.8 Å². The van der Waals surface area contributed by atoms with Crippen molar-refractivity contribution in [2.45, 2.75) is 64.2 Å². The molecule has 1 rings (SSSR count). The third-order valence-electron chi connectivity index (χ3n) is 3.50. The van der Waals surface area contributed by atoms with E-state index in [9.17, 15) is 9.90 Å². The minimum absolute atomic E-state index is 0.0608. The Kier molecular flexibility index (Phi) is 6.07. The quantitative estimate of drug-likeness (QED) is 0.823. The maximum atomic E-state index is 11.7. The fraction of sp³-hybridized carbons (Fsp3) is 0.929. The molecule has 1 saturated carbocycles. The highest BCUT2D eigenvalue weighted by Crippen LogP contribution is 2.28. The van der Waals surface area contributed by atoms with Crippen molar-refractivity contribution in [3.8, 4) is 0 Å². The first-order valence-electron chi connectivity index (χ1n) is 6.99. The van der Waals surface area contributed by atoms with Crippen LogP contribution in [0.3, 0.4) is 0 Å². The Morgan fingerprint density at radius 2 is 1.89 bits per heavy atom. The summed E-state index contributed by atoms with van der Waals surface area (Å²) in [6, 6.07) is 0.169. The van der Waals surface area contributed by atoms with Crippen molar-refractivity contribution in [1.82, 2.24) is 5.32 Å². The van der Waals surface area contributed by atoms with E-state index in [-0.39, 0.29) is 24.8 Å². The van der Waals surface area contributed by atoms with Gasteiger partial charge in [-0.2, -0.15) is 0 Å². The first kappa shape index (κ1) is 16.2. The molecule has 0 spiro atoms. The van der Waals surface area contributed by atoms with Crippen molar-refractivity contribution in [1.29, 1.82) is 0 Å². The van der Waals surface area contributed by atoms with Crippen LogP contribution in [-0.4, -0.2) is 42.7 Å². The number of carbonyl (C=O) groups is 1. The van der Waals surface area contributed by atoms with Gasteiger partial charge >= 0.3 is 6.09 Å². The number of hydrogen-bond donors (Lipinski definition) is 2. The summed E-state index contributed by atoms with van der Waals surface area (Å²) in [5, 5.41) is 12.1. The molecular weight excluding hydrogens is 246 g/mol. The van der Waals surface area contributed by atoms with Crippen LogP contribution in [0.5, 0.6) is 0 Å². The van der Waals surface area contributed by atoms with Crippen molar-refractivity contribution in [3.05, 3.63) is 0 Å². The van der Waals surface area contributed by atoms with E-state index in [4.69, 9.17) is 9.47 Å². The molecule has 112 valence electrons. The van der Waals surface area contributed by atoms with E-state index in [1.807, 2.05) is 20.8 Å². The summed E-state index contributed by atoms with van der Waals surface area (Å²) >= 11 is 0. The number of aliphatic hydroxyl groups is 1. The molecule has 1 atom stereocenters. The standard InChI is InChI=1S/C14H27NO4/c1-14(2,3)19-13(17)15-11-7-5-10(6-8-11)12(9-16)18-4/h10-12,16H,5-9H2,1-4H3,(H,15,17)/t10-,11-,12-/m0/s1. The lowest BCUT2D eigenvalue weighted by Gasteiger charge is -2.33. The zero-order chi connectivity index (χ0) is 14.5. The van der Waals surface area contributed by atoms with Gasteiger partial charge in [-0.15, -0.1) is 0 Å². The number of nitrogens with one attached hydrogen (secondary N) is 1. The number of aliphatic hydroxyl groups excluding tert-OH is 1. The highest BCUT2D eigenvalue weighted by Gasteiger charge is 2.28. The van der Waals surface area contributed by atoms with Crippen LogP contribution in [0.2, 0.25) is 0 Å². The maximum Gasteiger partial charge on any atom is 0.407 e. The predicted octanol–water partition coefficient (Wildman–Crippen LogP) is 2.08. The number of hydrogen-bond acceptors (Lipinski definition) is 4. The van der Waals surface area contributed by atoms with Crippen LogP contribution in [0.1, 0.15) is 46.5 Å². The first-order valence-corrected chi connectivity index (χ1v) is 6.99. The molecule has 5 nitrogen and oxygen atoms in total. The normalized spacial score (nSPS) is 25.7. The molecule has 5 heteroatoms. The Hall–Kier alpha value is -0.810. The third-order valence-corrected chi connectivity index (χ3v) is 3.50. The van der Waals surface area contributed by atoms with Crippen LogP contribution < -0.4 is 5.32 Å². The molecule has 0 unspecified atom stereocenters. The van der Waals surface area contributed by atoms with Gasteiger partial charge < -0.3 is 19.9 Å². The van der Waals surface area contributed by atoms with Crippen molar-refractivity contribution in [2.24, 2.45) is 5.92 Å². The molecule has 1 aliphatic carbocycles. The Balaban J connectivity index is 2.32. The molecule has 0 saturated heterocycles. The smallest absolute Gasteiger partial charge is 0.407 e. The lowest BCUT2D eigenvalue weighted by Crippen LogP contribution is -2.42. The van der Waals surface area contributed by atoms with E-state index in [0.29, 0.717) is 5.92 Å². The van der Waals surface area contributed by atoms with Gasteiger partial charge in [-0.1, -0.05) is 0 Å². The number of carbonyl (C=O) groups excluding carboxylic acids is 1. The summed E-state index contributed by atoms with van der Waals surface area (Å²) in [4.78, 5) is 11.7. The number of amides is 1. The summed E-state index contributed by atoms with van der Waals surface area (Å²) in [6.07, 6.45) is 3.30. The highest BCUT2D eigenvalue weighted by atomic mass is 16.6. The zero-order valence-corrected chi connectivity index (χ0v) is 12.4. The van der Waals surface area contributed by atoms with Gasteiger partial charge in [0.15, 0.2) is 0 Å². The summed E-state index contributed by atoms with van der Waals surface area (Å²) in [5.74, 6) is 0.381. The zero-order valence-electron chi connectivity index (χ0n) is 12.4. The van der Waals surface area contributed by atoms with Gasteiger partial charge in [0.25, 0.3) is 0 Å². The predicted molar refractivity (Wildman–Crippen MR) is 73.0 cm³/mol. The second-order valence-electron chi connectivity index (χ2n) is 6.21. The second-order valence-corrected chi connectivity index (χ2v) is 6.21. The van der Waals surface area contributed by atoms with E-state index in [2.05, 4.69) is 5.32 Å². The van der Waals surface area contributed by atoms with E-state index in [1.54, 1.807) is 7.11 Å². The van der Waals surface area contributed by atoms with Gasteiger partial charge in [-0.3, -0.25) is 0 Å². The van der Waals surface area contributed by atoms with Crippen LogP contribution >= 0.6 is 0 Å². The lowest BCUT2D eigenvalue weighted by molar-refractivity contribution is -0.00734. The largest absolute Gasteiger partial charge is 0.444 e. The Labute approximate surface area is 115 Å². The highest BCUT2D eigenvalue weighted by molar-refractivity contribution is 5.68. The summed E-state index contributed by atoms with van der Waals surface area (Å²) in [5.41, 5.74) is -0.459. The summed E-state index contributed by atoms with van der Waals surface area (Å²) in [6.45, 7) is 5.63. The number of ether oxygens (including phenoxy) is 2. The van der Waals surface area contributed by atoms with Gasteiger partial charge in [-0.25, -0.2) is 4.79 Å². The second kappa shape index (κ2) is 7.10. The molecule has 0 aromatic heterocycles. The molecule has 0 aliphatic heterocycles. The van der Waals surface area contributed by atoms with Crippen LogP contribution in [0, 0.1) is 5.92 Å². The van der Waals surface area contributed by atoms with E-state index < -0.39 is 5.60 Å². The molecule has 0 aromatic rings. The minimum atomic E-state index is -0.459. The molecule has 1 fully saturated rings. The number of alkyl carbamates (subject to hydrolysis) is 1. The van der Waals surface area contributed by atoms with Gasteiger partial charge in [0, 0.05) is 13.2 Å². The molecule has 0 bridgehead atoms. The van der Waals surface area contributed by atoms with Crippen LogP contribution in [-0.2, 0) is 9.47 Å². The molecule has 19 heavy (non-hydrogen) atoms. The summed E-state index contributed by atoms with van der Waals surface area (Å²) in [7, 11) is 1.63. The van der Waals surface area contributed by atoms with Gasteiger partial charge in [0.1, 0.15) is 5.60 Å². The van der Waals surface area contributed by atoms with Crippen molar-refractivity contribution < 1.29 is 19.4 Å². The maximum absolute atomic E-state index is 11.7. The average Bonchev–Trinajstić information content (AvgIpc) is 2.30. The van der Waals surface area contributed by atoms with Crippen molar-refractivity contribution in [2.75, 3.05) is 13.7 Å². The number of rotatable bonds is 4. The van der Waals surface area contributed by atoms with Crippen LogP contribution in [0.15, 0.2) is 0 Å². The molecule has 1 aliphatic rings. The summed E-state index contributed by atoms with van der Waals surface area (Å²) < 4.78 is 10.5. The van der Waals surface area contributed by atoms with Crippen LogP contribution in [0.25, 0.3) is 0 Å². The van der Waals surface area contributed by atoms with Gasteiger partial charge in [-0.05, 0) is 52.4 Å². The Bertz CT molecular complexity index is 276. The molecule has 1 amide bonds. The van der Waals surface area contributed by atoms with Crippen molar-refractivity contribution in [3.63, 3.8) is 0 Å². The van der Waals surface area contributed by atoms with E-state index >= 15 is 0 Å². The molecule has 0 heterocycles. The SMILES string of the molecule is CO[C@@H](CO)[C@H]1CC[C@H](NC(=O)OC(C)(C)C)CC1. The number of methoxy groups -OCH3 is 1. The molecule has 2 N–H and O–H groups in total. The fourth-order valence-electron chi connectivity index (χ4n) is 2.53. The fourth-order valence-corrected chi connectivity index (χ4v) is 2.53. The monoisotopic (exact) mass is 273 g/mol. The lowest BCUT2D eigenvalue weighted by atomic mass is 9.83. The van der Waals surface area contributed by atoms with Gasteiger partial charge in [0.2, 0.25) is 0 Å². The Morgan fingerprint density at radius 3 is 2.32 bits per heavy atom. The van der Waals surface area contributed by atoms with Crippen LogP contribution in [0.4, 0.5) is 4.79 Å². The Morgan fingerprint density at radius 1 is 1.32 bits per heavy atom. The first-order chi connectivity index (χ1) is 8.85. The molecule has 0 aromatic carbocycles. The average molecular weight is 273 g/mol. The van der Waals surface area contributed by atoms with Gasteiger partial charge in [0.05, 0.1) is 12.7 Å². The molecular formula is C14H27NO4. The van der Waals surface area contributed by atoms with Crippen molar-refractivity contribution >= 4 is 6.09 Å². The third kappa shape index (κ3) is 5.78. The van der Waals surface area contributed by atoms with E-state index in [0.717, 1.165) is 25.7 Å². The minimum Gasteiger partial charge on any atom is -0.444 e. The van der Waals surface area contributed by atoms with E-state index in [1.165, 1.54) is 0 Å². The molecule has 0 radical (unpaired) electrons.